The zero-order valence-electron chi connectivity index (χ0n) is 23.3. The van der Waals surface area contributed by atoms with E-state index in [1.54, 1.807) is 17.2 Å². The summed E-state index contributed by atoms with van der Waals surface area (Å²) in [5.74, 6) is 0.305. The lowest BCUT2D eigenvalue weighted by molar-refractivity contribution is -0.171. The molecule has 2 aliphatic carbocycles. The highest BCUT2D eigenvalue weighted by molar-refractivity contribution is 5.96. The topological polar surface area (TPSA) is 96.9 Å². The van der Waals surface area contributed by atoms with E-state index in [2.05, 4.69) is 15.2 Å². The molecule has 1 unspecified atom stereocenters. The predicted octanol–water partition coefficient (Wildman–Crippen LogP) is 3.63. The first-order valence-electron chi connectivity index (χ1n) is 14.5. The third kappa shape index (κ3) is 5.13. The number of aromatic nitrogens is 2. The summed E-state index contributed by atoms with van der Waals surface area (Å²) in [6, 6.07) is 7.37. The Bertz CT molecular complexity index is 1270. The van der Waals surface area contributed by atoms with Crippen LogP contribution in [0.25, 0.3) is 11.3 Å². The average molecular weight is 552 g/mol. The SMILES string of the molecule is CCOc1ncccc1-c1ccc(OC2CC3(C2)CN(C(=O)C2(F)CCCC2)C3)c(C(=O)NC2CCN(C)C2)n1. The van der Waals surface area contributed by atoms with Crippen molar-refractivity contribution in [2.45, 2.75) is 69.7 Å². The van der Waals surface area contributed by atoms with Gasteiger partial charge in [-0.05, 0) is 89.7 Å². The zero-order chi connectivity index (χ0) is 27.9. The molecule has 1 spiro atoms. The van der Waals surface area contributed by atoms with Crippen LogP contribution in [-0.2, 0) is 4.79 Å². The minimum Gasteiger partial charge on any atom is -0.488 e. The number of ether oxygens (including phenoxy) is 2. The van der Waals surface area contributed by atoms with Crippen LogP contribution in [0, 0.1) is 5.41 Å². The lowest BCUT2D eigenvalue weighted by Crippen LogP contribution is -2.68. The van der Waals surface area contributed by atoms with Gasteiger partial charge in [0.15, 0.2) is 17.1 Å². The number of nitrogens with zero attached hydrogens (tertiary/aromatic N) is 4. The molecule has 4 aliphatic rings. The molecule has 2 saturated heterocycles. The van der Waals surface area contributed by atoms with Gasteiger partial charge in [0.25, 0.3) is 11.8 Å². The highest BCUT2D eigenvalue weighted by atomic mass is 19.1. The van der Waals surface area contributed by atoms with Crippen LogP contribution in [0.4, 0.5) is 4.39 Å². The fourth-order valence-corrected chi connectivity index (χ4v) is 6.77. The second-order valence-corrected chi connectivity index (χ2v) is 12.0. The monoisotopic (exact) mass is 551 g/mol. The molecule has 9 nitrogen and oxygen atoms in total. The van der Waals surface area contributed by atoms with Gasteiger partial charge in [-0.25, -0.2) is 14.4 Å². The maximum atomic E-state index is 15.0. The van der Waals surface area contributed by atoms with Gasteiger partial charge < -0.3 is 24.6 Å². The second kappa shape index (κ2) is 10.6. The standard InChI is InChI=1S/C30H38FN5O4/c1-3-39-27-22(7-6-13-32-27)23-8-9-24(25(34-23)26(37)33-20-10-14-35(2)17-20)40-21-15-29(16-21)18-36(19-29)28(38)30(31)11-4-5-12-30/h6-9,13,20-21H,3-5,10-12,14-19H2,1-2H3,(H,33,37). The molecule has 40 heavy (non-hydrogen) atoms. The maximum Gasteiger partial charge on any atom is 0.274 e. The van der Waals surface area contributed by atoms with Crippen molar-refractivity contribution in [1.82, 2.24) is 25.1 Å². The first-order chi connectivity index (χ1) is 19.3. The summed E-state index contributed by atoms with van der Waals surface area (Å²) in [7, 11) is 2.04. The Balaban J connectivity index is 1.16. The Labute approximate surface area is 234 Å². The summed E-state index contributed by atoms with van der Waals surface area (Å²) >= 11 is 0. The number of hydrogen-bond acceptors (Lipinski definition) is 7. The Hall–Kier alpha value is -3.27. The molecule has 2 saturated carbocycles. The molecule has 6 rings (SSSR count). The van der Waals surface area contributed by atoms with Crippen molar-refractivity contribution in [3.63, 3.8) is 0 Å². The van der Waals surface area contributed by atoms with Crippen LogP contribution >= 0.6 is 0 Å². The quantitative estimate of drug-likeness (QED) is 0.535. The van der Waals surface area contributed by atoms with Crippen LogP contribution in [0.2, 0.25) is 0 Å². The Kier molecular flexibility index (Phi) is 7.14. The van der Waals surface area contributed by atoms with Crippen molar-refractivity contribution >= 4 is 11.8 Å². The van der Waals surface area contributed by atoms with E-state index in [0.717, 1.165) is 45.2 Å². The van der Waals surface area contributed by atoms with E-state index in [1.165, 1.54) is 0 Å². The van der Waals surface area contributed by atoms with Crippen LogP contribution in [0.5, 0.6) is 11.6 Å². The van der Waals surface area contributed by atoms with Gasteiger partial charge in [0.2, 0.25) is 5.88 Å². The van der Waals surface area contributed by atoms with E-state index in [9.17, 15) is 14.0 Å². The third-order valence-electron chi connectivity index (χ3n) is 8.86. The van der Waals surface area contributed by atoms with Gasteiger partial charge in [0, 0.05) is 37.3 Å². The van der Waals surface area contributed by atoms with Crippen molar-refractivity contribution < 1.29 is 23.5 Å². The number of rotatable bonds is 8. The normalized spacial score (nSPS) is 23.5. The van der Waals surface area contributed by atoms with Gasteiger partial charge in [0.05, 0.1) is 17.9 Å². The van der Waals surface area contributed by atoms with Gasteiger partial charge >= 0.3 is 0 Å². The molecule has 214 valence electrons. The third-order valence-corrected chi connectivity index (χ3v) is 8.86. The van der Waals surface area contributed by atoms with E-state index in [-0.39, 0.29) is 35.1 Å². The highest BCUT2D eigenvalue weighted by Gasteiger charge is 2.58. The Morgan fingerprint density at radius 3 is 2.65 bits per heavy atom. The number of nitrogens with one attached hydrogen (secondary N) is 1. The second-order valence-electron chi connectivity index (χ2n) is 12.0. The fraction of sp³-hybridized carbons (Fsp3) is 0.600. The molecular weight excluding hydrogens is 513 g/mol. The largest absolute Gasteiger partial charge is 0.488 e. The molecule has 1 atom stereocenters. The van der Waals surface area contributed by atoms with E-state index < -0.39 is 5.67 Å². The maximum absolute atomic E-state index is 15.0. The molecule has 4 heterocycles. The summed E-state index contributed by atoms with van der Waals surface area (Å²) in [4.78, 5) is 39.1. The van der Waals surface area contributed by atoms with Crippen molar-refractivity contribution in [2.24, 2.45) is 5.41 Å². The van der Waals surface area contributed by atoms with Crippen LogP contribution < -0.4 is 14.8 Å². The van der Waals surface area contributed by atoms with Gasteiger partial charge in [-0.2, -0.15) is 0 Å². The molecule has 2 amide bonds. The predicted molar refractivity (Wildman–Crippen MR) is 147 cm³/mol. The molecular formula is C30H38FN5O4. The lowest BCUT2D eigenvalue weighted by atomic mass is 9.61. The minimum atomic E-state index is -1.67. The number of likely N-dealkylation sites (tertiary alicyclic amines) is 2. The molecule has 2 aliphatic heterocycles. The minimum absolute atomic E-state index is 0.0123. The highest BCUT2D eigenvalue weighted by Crippen LogP contribution is 2.51. The summed E-state index contributed by atoms with van der Waals surface area (Å²) in [5.41, 5.74) is -0.142. The number of pyridine rings is 2. The van der Waals surface area contributed by atoms with Crippen molar-refractivity contribution in [1.29, 1.82) is 0 Å². The number of amides is 2. The van der Waals surface area contributed by atoms with Crippen LogP contribution in [0.1, 0.15) is 62.4 Å². The number of alkyl halides is 1. The van der Waals surface area contributed by atoms with Crippen molar-refractivity contribution in [3.8, 4) is 22.9 Å². The fourth-order valence-electron chi connectivity index (χ4n) is 6.77. The summed E-state index contributed by atoms with van der Waals surface area (Å²) in [5, 5.41) is 3.13. The Morgan fingerprint density at radius 1 is 1.18 bits per heavy atom. The summed E-state index contributed by atoms with van der Waals surface area (Å²) in [6.07, 6.45) is 6.25. The average Bonchev–Trinajstić information content (AvgIpc) is 3.53. The molecule has 0 bridgehead atoms. The number of carbonyl (C=O) groups is 2. The zero-order valence-corrected chi connectivity index (χ0v) is 23.3. The molecule has 10 heteroatoms. The summed E-state index contributed by atoms with van der Waals surface area (Å²) < 4.78 is 27.0. The smallest absolute Gasteiger partial charge is 0.274 e. The van der Waals surface area contributed by atoms with E-state index in [4.69, 9.17) is 14.5 Å². The van der Waals surface area contributed by atoms with Gasteiger partial charge in [-0.15, -0.1) is 0 Å². The van der Waals surface area contributed by atoms with Gasteiger partial charge in [0.1, 0.15) is 6.10 Å². The van der Waals surface area contributed by atoms with E-state index in [1.807, 2.05) is 32.2 Å². The molecule has 0 aromatic carbocycles. The Morgan fingerprint density at radius 2 is 1.95 bits per heavy atom. The molecule has 2 aromatic rings. The number of halogens is 1. The van der Waals surface area contributed by atoms with Crippen molar-refractivity contribution in [2.75, 3.05) is 39.8 Å². The lowest BCUT2D eigenvalue weighted by Gasteiger charge is -2.59. The first kappa shape index (κ1) is 26.9. The van der Waals surface area contributed by atoms with Gasteiger partial charge in [-0.3, -0.25) is 9.59 Å². The van der Waals surface area contributed by atoms with E-state index >= 15 is 0 Å². The van der Waals surface area contributed by atoms with Crippen LogP contribution in [0.15, 0.2) is 30.5 Å². The molecule has 2 aromatic heterocycles. The van der Waals surface area contributed by atoms with Crippen molar-refractivity contribution in [3.05, 3.63) is 36.2 Å². The van der Waals surface area contributed by atoms with Crippen LogP contribution in [0.3, 0.4) is 0 Å². The molecule has 0 radical (unpaired) electrons. The molecule has 1 N–H and O–H groups in total. The van der Waals surface area contributed by atoms with E-state index in [0.29, 0.717) is 55.4 Å². The van der Waals surface area contributed by atoms with Crippen LogP contribution in [-0.4, -0.2) is 89.2 Å². The van der Waals surface area contributed by atoms with Gasteiger partial charge in [-0.1, -0.05) is 0 Å². The number of carbonyl (C=O) groups excluding carboxylic acids is 2. The number of hydrogen-bond donors (Lipinski definition) is 1. The number of likely N-dealkylation sites (N-methyl/N-ethyl adjacent to an activating group) is 1. The summed E-state index contributed by atoms with van der Waals surface area (Å²) in [6.45, 7) is 5.25. The first-order valence-corrected chi connectivity index (χ1v) is 14.5. The molecule has 4 fully saturated rings.